The average molecular weight is 293 g/mol. The fourth-order valence-electron chi connectivity index (χ4n) is 1.25. The highest BCUT2D eigenvalue weighted by Crippen LogP contribution is 2.30. The summed E-state index contributed by atoms with van der Waals surface area (Å²) in [4.78, 5) is 14.3. The Morgan fingerprint density at radius 3 is 2.87 bits per heavy atom. The topological polar surface area (TPSA) is 34.9 Å². The summed E-state index contributed by atoms with van der Waals surface area (Å²) in [5.41, 5.74) is 0.182. The van der Waals surface area contributed by atoms with Gasteiger partial charge in [-0.15, -0.1) is 3.89 Å². The molecule has 1 heterocycles. The molecule has 2 rings (SSSR count). The second-order valence-corrected chi connectivity index (χ2v) is 4.04. The molecule has 1 aromatic heterocycles. The number of halogens is 3. The first-order valence-electron chi connectivity index (χ1n) is 3.79. The third kappa shape index (κ3) is 1.55. The number of carbonyl (C=O) groups excluding carboxylic acids is 1. The zero-order valence-corrected chi connectivity index (χ0v) is 9.48. The van der Waals surface area contributed by atoms with Gasteiger partial charge in [0, 0.05) is 4.47 Å². The van der Waals surface area contributed by atoms with Crippen LogP contribution in [0.25, 0.3) is 11.0 Å². The monoisotopic (exact) mass is 292 g/mol. The molecule has 3 nitrogen and oxygen atoms in total. The van der Waals surface area contributed by atoms with Crippen LogP contribution in [-0.4, -0.2) is 15.2 Å². The molecular formula is C8H3BrF2N2OS. The van der Waals surface area contributed by atoms with Gasteiger partial charge in [-0.1, -0.05) is 0 Å². The fourth-order valence-corrected chi connectivity index (χ4v) is 2.27. The van der Waals surface area contributed by atoms with Crippen molar-refractivity contribution in [1.82, 2.24) is 8.96 Å². The van der Waals surface area contributed by atoms with Gasteiger partial charge < -0.3 is 0 Å². The molecule has 0 radical (unpaired) electrons. The molecule has 0 fully saturated rings. The van der Waals surface area contributed by atoms with Crippen LogP contribution in [0.5, 0.6) is 0 Å². The van der Waals surface area contributed by atoms with Gasteiger partial charge in [0.15, 0.2) is 30.3 Å². The molecule has 1 aromatic carbocycles. The van der Waals surface area contributed by atoms with Crippen molar-refractivity contribution in [2.45, 2.75) is 0 Å². The minimum absolute atomic E-state index is 0.0309. The number of fused-ring (bicyclic) bond motifs is 1. The Bertz CT molecular complexity index is 543. The molecule has 0 unspecified atom stereocenters. The minimum atomic E-state index is -0.593. The Hall–Kier alpha value is -0.950. The molecule has 0 spiro atoms. The van der Waals surface area contributed by atoms with Gasteiger partial charge in [-0.25, -0.2) is 13.3 Å². The third-order valence-electron chi connectivity index (χ3n) is 1.86. The summed E-state index contributed by atoms with van der Waals surface area (Å²) in [6, 6.07) is 2.63. The lowest BCUT2D eigenvalue weighted by molar-refractivity contribution is 0.111. The van der Waals surface area contributed by atoms with Crippen molar-refractivity contribution in [1.29, 1.82) is 0 Å². The lowest BCUT2D eigenvalue weighted by Gasteiger charge is -1.98. The first-order chi connectivity index (χ1) is 7.19. The summed E-state index contributed by atoms with van der Waals surface area (Å²) >= 11 is 2.95. The Morgan fingerprint density at radius 2 is 2.27 bits per heavy atom. The molecule has 2 aromatic rings. The van der Waals surface area contributed by atoms with Crippen LogP contribution in [0, 0.1) is 5.82 Å². The molecule has 0 aliphatic carbocycles. The van der Waals surface area contributed by atoms with Crippen molar-refractivity contribution in [3.63, 3.8) is 0 Å². The zero-order valence-electron chi connectivity index (χ0n) is 7.08. The highest BCUT2D eigenvalue weighted by molar-refractivity contribution is 9.10. The predicted octanol–water partition coefficient (Wildman–Crippen LogP) is 3.13. The van der Waals surface area contributed by atoms with E-state index in [1.165, 1.54) is 12.1 Å². The normalized spacial score (nSPS) is 10.9. The van der Waals surface area contributed by atoms with E-state index in [1.54, 1.807) is 0 Å². The van der Waals surface area contributed by atoms with Crippen molar-refractivity contribution >= 4 is 45.6 Å². The smallest absolute Gasteiger partial charge is 0.186 e. The quantitative estimate of drug-likeness (QED) is 0.798. The minimum Gasteiger partial charge on any atom is -0.294 e. The predicted molar refractivity (Wildman–Crippen MR) is 56.9 cm³/mol. The number of benzene rings is 1. The molecule has 0 amide bonds. The van der Waals surface area contributed by atoms with Crippen molar-refractivity contribution in [2.75, 3.05) is 0 Å². The van der Waals surface area contributed by atoms with E-state index in [1.807, 2.05) is 0 Å². The second kappa shape index (κ2) is 3.90. The maximum atomic E-state index is 13.3. The lowest BCUT2D eigenvalue weighted by atomic mass is 10.3. The van der Waals surface area contributed by atoms with Gasteiger partial charge in [0.25, 0.3) is 0 Å². The molecular weight excluding hydrogens is 290 g/mol. The van der Waals surface area contributed by atoms with Gasteiger partial charge in [0.05, 0.1) is 5.52 Å². The maximum absolute atomic E-state index is 13.3. The summed E-state index contributed by atoms with van der Waals surface area (Å²) in [5.74, 6) is -0.757. The van der Waals surface area contributed by atoms with Crippen LogP contribution in [-0.2, 0) is 0 Å². The molecule has 0 atom stereocenters. The van der Waals surface area contributed by atoms with Gasteiger partial charge in [-0.05, 0) is 28.1 Å². The zero-order chi connectivity index (χ0) is 11.0. The lowest BCUT2D eigenvalue weighted by Crippen LogP contribution is -1.91. The highest BCUT2D eigenvalue weighted by Gasteiger charge is 2.16. The number of hydrogen-bond acceptors (Lipinski definition) is 3. The van der Waals surface area contributed by atoms with Crippen LogP contribution in [0.4, 0.5) is 8.28 Å². The van der Waals surface area contributed by atoms with Crippen LogP contribution in [0.2, 0.25) is 0 Å². The van der Waals surface area contributed by atoms with E-state index in [9.17, 15) is 13.1 Å². The SMILES string of the molecule is O=Cc1nc2c(F)ccc(Br)c2n1SF. The van der Waals surface area contributed by atoms with E-state index >= 15 is 0 Å². The molecule has 0 aliphatic rings. The molecule has 0 N–H and O–H groups in total. The van der Waals surface area contributed by atoms with Crippen LogP contribution in [0.15, 0.2) is 16.6 Å². The third-order valence-corrected chi connectivity index (χ3v) is 3.01. The summed E-state index contributed by atoms with van der Waals surface area (Å²) in [6.45, 7) is 0. The van der Waals surface area contributed by atoms with Gasteiger partial charge >= 0.3 is 0 Å². The maximum Gasteiger partial charge on any atom is 0.186 e. The van der Waals surface area contributed by atoms with E-state index in [0.29, 0.717) is 10.8 Å². The summed E-state index contributed by atoms with van der Waals surface area (Å²) < 4.78 is 27.3. The van der Waals surface area contributed by atoms with Gasteiger partial charge in [0.1, 0.15) is 5.52 Å². The number of nitrogens with zero attached hydrogens (tertiary/aromatic N) is 2. The van der Waals surface area contributed by atoms with Crippen LogP contribution in [0.1, 0.15) is 10.6 Å². The van der Waals surface area contributed by atoms with Crippen molar-refractivity contribution < 1.29 is 13.1 Å². The van der Waals surface area contributed by atoms with Crippen molar-refractivity contribution in [3.05, 3.63) is 28.2 Å². The molecule has 0 bridgehead atoms. The van der Waals surface area contributed by atoms with E-state index in [2.05, 4.69) is 20.9 Å². The molecule has 15 heavy (non-hydrogen) atoms. The van der Waals surface area contributed by atoms with Crippen molar-refractivity contribution in [2.24, 2.45) is 0 Å². The van der Waals surface area contributed by atoms with Crippen LogP contribution >= 0.6 is 28.3 Å². The van der Waals surface area contributed by atoms with E-state index < -0.39 is 5.82 Å². The Kier molecular flexibility index (Phi) is 2.74. The number of aromatic nitrogens is 2. The largest absolute Gasteiger partial charge is 0.294 e. The van der Waals surface area contributed by atoms with Gasteiger partial charge in [-0.3, -0.25) is 4.79 Å². The Labute approximate surface area is 96.0 Å². The summed E-state index contributed by atoms with van der Waals surface area (Å²) in [5, 5.41) is 0. The van der Waals surface area contributed by atoms with E-state index in [0.717, 1.165) is 3.97 Å². The number of imidazole rings is 1. The average Bonchev–Trinajstić information content (AvgIpc) is 2.63. The molecule has 0 aliphatic heterocycles. The number of hydrogen-bond donors (Lipinski definition) is 0. The van der Waals surface area contributed by atoms with E-state index in [4.69, 9.17) is 0 Å². The van der Waals surface area contributed by atoms with Crippen molar-refractivity contribution in [3.8, 4) is 0 Å². The van der Waals surface area contributed by atoms with E-state index in [-0.39, 0.29) is 29.2 Å². The molecule has 78 valence electrons. The first-order valence-corrected chi connectivity index (χ1v) is 5.26. The second-order valence-electron chi connectivity index (χ2n) is 2.68. The van der Waals surface area contributed by atoms with Gasteiger partial charge in [-0.2, -0.15) is 0 Å². The van der Waals surface area contributed by atoms with Crippen LogP contribution in [0.3, 0.4) is 0 Å². The first kappa shape index (κ1) is 10.6. The molecule has 7 heteroatoms. The van der Waals surface area contributed by atoms with Crippen LogP contribution < -0.4 is 0 Å². The standard InChI is InChI=1S/C8H3BrF2N2OS/c9-4-1-2-5(10)7-8(4)13(15-11)6(3-14)12-7/h1-3H. The molecule has 0 saturated carbocycles. The Balaban J connectivity index is 2.93. The summed E-state index contributed by atoms with van der Waals surface area (Å²) in [6.07, 6.45) is 0.373. The summed E-state index contributed by atoms with van der Waals surface area (Å²) in [7, 11) is 0. The number of aldehydes is 1. The fraction of sp³-hybridized carbons (Fsp3) is 0. The number of rotatable bonds is 2. The number of carbonyl (C=O) groups is 1. The Morgan fingerprint density at radius 1 is 1.53 bits per heavy atom. The molecule has 0 saturated heterocycles. The highest BCUT2D eigenvalue weighted by atomic mass is 79.9. The van der Waals surface area contributed by atoms with Gasteiger partial charge in [0.2, 0.25) is 0 Å².